The average molecular weight is 262 g/mol. The van der Waals surface area contributed by atoms with Gasteiger partial charge < -0.3 is 21.7 Å². The molecule has 6 nitrogen and oxygen atoms in total. The molecule has 0 aromatic heterocycles. The molecule has 0 aliphatic carbocycles. The van der Waals surface area contributed by atoms with Gasteiger partial charge in [0.05, 0.1) is 5.41 Å². The van der Waals surface area contributed by atoms with E-state index in [9.17, 15) is 9.59 Å². The average Bonchev–Trinajstić information content (AvgIpc) is 2.59. The first kappa shape index (κ1) is 13.4. The number of rotatable bonds is 3. The van der Waals surface area contributed by atoms with Crippen LogP contribution >= 0.6 is 0 Å². The van der Waals surface area contributed by atoms with Gasteiger partial charge in [-0.15, -0.1) is 0 Å². The van der Waals surface area contributed by atoms with Crippen molar-refractivity contribution in [2.45, 2.75) is 19.3 Å². The van der Waals surface area contributed by atoms with Crippen LogP contribution in [0.1, 0.15) is 19.4 Å². The van der Waals surface area contributed by atoms with Crippen molar-refractivity contribution in [1.82, 2.24) is 5.32 Å². The van der Waals surface area contributed by atoms with Crippen molar-refractivity contribution < 1.29 is 9.59 Å². The second kappa shape index (κ2) is 4.89. The molecule has 19 heavy (non-hydrogen) atoms. The number of amides is 3. The highest BCUT2D eigenvalue weighted by molar-refractivity contribution is 6.06. The lowest BCUT2D eigenvalue weighted by molar-refractivity contribution is -0.119. The summed E-state index contributed by atoms with van der Waals surface area (Å²) >= 11 is 0. The fraction of sp³-hybridized carbons (Fsp3) is 0.385. The Morgan fingerprint density at radius 2 is 2.16 bits per heavy atom. The number of urea groups is 1. The monoisotopic (exact) mass is 262 g/mol. The maximum atomic E-state index is 11.8. The van der Waals surface area contributed by atoms with E-state index in [0.29, 0.717) is 18.8 Å². The number of nitrogens with one attached hydrogen (secondary N) is 3. The van der Waals surface area contributed by atoms with Gasteiger partial charge in [-0.05, 0) is 37.6 Å². The van der Waals surface area contributed by atoms with E-state index < -0.39 is 5.41 Å². The number of hydrogen-bond acceptors (Lipinski definition) is 3. The van der Waals surface area contributed by atoms with Crippen LogP contribution < -0.4 is 21.7 Å². The molecule has 0 radical (unpaired) electrons. The second-order valence-corrected chi connectivity index (χ2v) is 5.01. The summed E-state index contributed by atoms with van der Waals surface area (Å²) in [6.45, 7) is 4.52. The van der Waals surface area contributed by atoms with Crippen molar-refractivity contribution in [1.29, 1.82) is 0 Å². The summed E-state index contributed by atoms with van der Waals surface area (Å²) < 4.78 is 0. The molecule has 0 saturated heterocycles. The van der Waals surface area contributed by atoms with Gasteiger partial charge in [0.15, 0.2) is 0 Å². The second-order valence-electron chi connectivity index (χ2n) is 5.01. The highest BCUT2D eigenvalue weighted by Gasteiger charge is 2.38. The van der Waals surface area contributed by atoms with Crippen molar-refractivity contribution in [3.63, 3.8) is 0 Å². The minimum absolute atomic E-state index is 0.0350. The number of fused-ring (bicyclic) bond motifs is 1. The molecule has 0 unspecified atom stereocenters. The Morgan fingerprint density at radius 3 is 2.84 bits per heavy atom. The normalized spacial score (nSPS) is 15.6. The SMILES string of the molecule is CC1(C)C(=O)Nc2ccc(NC(=O)NCCN)cc21. The van der Waals surface area contributed by atoms with E-state index in [-0.39, 0.29) is 11.9 Å². The molecular formula is C13H18N4O2. The van der Waals surface area contributed by atoms with Crippen LogP contribution in [0.5, 0.6) is 0 Å². The van der Waals surface area contributed by atoms with Gasteiger partial charge in [-0.2, -0.15) is 0 Å². The molecule has 1 aliphatic rings. The van der Waals surface area contributed by atoms with E-state index in [4.69, 9.17) is 5.73 Å². The van der Waals surface area contributed by atoms with Crippen molar-refractivity contribution in [3.05, 3.63) is 23.8 Å². The van der Waals surface area contributed by atoms with Gasteiger partial charge in [0.2, 0.25) is 5.91 Å². The van der Waals surface area contributed by atoms with Gasteiger partial charge >= 0.3 is 6.03 Å². The minimum atomic E-state index is -0.583. The van der Waals surface area contributed by atoms with Crippen LogP contribution in [-0.4, -0.2) is 25.0 Å². The van der Waals surface area contributed by atoms with E-state index in [1.165, 1.54) is 0 Å². The summed E-state index contributed by atoms with van der Waals surface area (Å²) in [6.07, 6.45) is 0. The predicted octanol–water partition coefficient (Wildman–Crippen LogP) is 0.996. The molecular weight excluding hydrogens is 244 g/mol. The van der Waals surface area contributed by atoms with Crippen molar-refractivity contribution in [3.8, 4) is 0 Å². The highest BCUT2D eigenvalue weighted by Crippen LogP contribution is 2.38. The topological polar surface area (TPSA) is 96.2 Å². The maximum absolute atomic E-state index is 11.8. The first-order valence-corrected chi connectivity index (χ1v) is 6.16. The van der Waals surface area contributed by atoms with Crippen LogP contribution in [0, 0.1) is 0 Å². The summed E-state index contributed by atoms with van der Waals surface area (Å²) in [5.74, 6) is -0.0350. The minimum Gasteiger partial charge on any atom is -0.337 e. The Hall–Kier alpha value is -2.08. The van der Waals surface area contributed by atoms with Crippen LogP contribution in [0.15, 0.2) is 18.2 Å². The third-order valence-electron chi connectivity index (χ3n) is 3.20. The number of carbonyl (C=O) groups excluding carboxylic acids is 2. The molecule has 2 rings (SSSR count). The molecule has 0 fully saturated rings. The van der Waals surface area contributed by atoms with E-state index in [0.717, 1.165) is 11.3 Å². The Bertz CT molecular complexity index is 525. The van der Waals surface area contributed by atoms with Crippen molar-refractivity contribution >= 4 is 23.3 Å². The molecule has 0 atom stereocenters. The van der Waals surface area contributed by atoms with Gasteiger partial charge in [0, 0.05) is 24.5 Å². The third-order valence-corrected chi connectivity index (χ3v) is 3.20. The fourth-order valence-corrected chi connectivity index (χ4v) is 2.01. The van der Waals surface area contributed by atoms with Gasteiger partial charge in [-0.1, -0.05) is 0 Å². The standard InChI is InChI=1S/C13H18N4O2/c1-13(2)9-7-8(16-12(19)15-6-5-14)3-4-10(9)17-11(13)18/h3-4,7H,5-6,14H2,1-2H3,(H,17,18)(H2,15,16,19). The van der Waals surface area contributed by atoms with Crippen LogP contribution in [0.4, 0.5) is 16.2 Å². The smallest absolute Gasteiger partial charge is 0.319 e. The molecule has 1 heterocycles. The third kappa shape index (κ3) is 2.53. The lowest BCUT2D eigenvalue weighted by atomic mass is 9.86. The number of anilines is 2. The van der Waals surface area contributed by atoms with E-state index >= 15 is 0 Å². The van der Waals surface area contributed by atoms with E-state index in [1.54, 1.807) is 12.1 Å². The molecule has 5 N–H and O–H groups in total. The molecule has 0 spiro atoms. The van der Waals surface area contributed by atoms with E-state index in [2.05, 4.69) is 16.0 Å². The Balaban J connectivity index is 2.16. The summed E-state index contributed by atoms with van der Waals surface area (Å²) in [7, 11) is 0. The molecule has 102 valence electrons. The Morgan fingerprint density at radius 1 is 1.42 bits per heavy atom. The maximum Gasteiger partial charge on any atom is 0.319 e. The van der Waals surface area contributed by atoms with Crippen molar-refractivity contribution in [2.75, 3.05) is 23.7 Å². The summed E-state index contributed by atoms with van der Waals surface area (Å²) in [6, 6.07) is 5.05. The molecule has 6 heteroatoms. The van der Waals surface area contributed by atoms with Gasteiger partial charge in [0.1, 0.15) is 0 Å². The fourth-order valence-electron chi connectivity index (χ4n) is 2.01. The predicted molar refractivity (Wildman–Crippen MR) is 74.2 cm³/mol. The first-order chi connectivity index (χ1) is 8.95. The zero-order chi connectivity index (χ0) is 14.0. The Kier molecular flexibility index (Phi) is 3.44. The zero-order valence-electron chi connectivity index (χ0n) is 11.0. The first-order valence-electron chi connectivity index (χ1n) is 6.16. The summed E-state index contributed by atoms with van der Waals surface area (Å²) in [5, 5.41) is 8.15. The van der Waals surface area contributed by atoms with E-state index in [1.807, 2.05) is 19.9 Å². The summed E-state index contributed by atoms with van der Waals surface area (Å²) in [4.78, 5) is 23.3. The Labute approximate surface area is 111 Å². The van der Waals surface area contributed by atoms with Crippen LogP contribution in [0.25, 0.3) is 0 Å². The lowest BCUT2D eigenvalue weighted by Crippen LogP contribution is -2.33. The molecule has 0 saturated carbocycles. The summed E-state index contributed by atoms with van der Waals surface area (Å²) in [5.41, 5.74) is 7.05. The number of benzene rings is 1. The van der Waals surface area contributed by atoms with Crippen LogP contribution in [0.2, 0.25) is 0 Å². The van der Waals surface area contributed by atoms with Crippen LogP contribution in [-0.2, 0) is 10.2 Å². The molecule has 3 amide bonds. The number of carbonyl (C=O) groups is 2. The molecule has 1 aliphatic heterocycles. The lowest BCUT2D eigenvalue weighted by Gasteiger charge is -2.16. The largest absolute Gasteiger partial charge is 0.337 e. The van der Waals surface area contributed by atoms with Crippen LogP contribution in [0.3, 0.4) is 0 Å². The van der Waals surface area contributed by atoms with Gasteiger partial charge in [-0.3, -0.25) is 4.79 Å². The quantitative estimate of drug-likeness (QED) is 0.654. The number of hydrogen-bond donors (Lipinski definition) is 4. The van der Waals surface area contributed by atoms with Gasteiger partial charge in [-0.25, -0.2) is 4.79 Å². The van der Waals surface area contributed by atoms with Gasteiger partial charge in [0.25, 0.3) is 0 Å². The molecule has 1 aromatic rings. The number of nitrogens with two attached hydrogens (primary N) is 1. The zero-order valence-corrected chi connectivity index (χ0v) is 11.0. The molecule has 0 bridgehead atoms. The van der Waals surface area contributed by atoms with Crippen molar-refractivity contribution in [2.24, 2.45) is 5.73 Å². The highest BCUT2D eigenvalue weighted by atomic mass is 16.2. The molecule has 1 aromatic carbocycles.